The third kappa shape index (κ3) is 1.83. The molecule has 104 valence electrons. The summed E-state index contributed by atoms with van der Waals surface area (Å²) in [7, 11) is 0. The van der Waals surface area contributed by atoms with E-state index in [2.05, 4.69) is 4.98 Å². The van der Waals surface area contributed by atoms with Crippen molar-refractivity contribution in [3.05, 3.63) is 53.3 Å². The highest BCUT2D eigenvalue weighted by Crippen LogP contribution is 2.28. The minimum Gasteiger partial charge on any atom is -0.398 e. The number of nitrogens with two attached hydrogens (primary N) is 2. The van der Waals surface area contributed by atoms with Crippen LogP contribution in [-0.2, 0) is 0 Å². The van der Waals surface area contributed by atoms with Crippen LogP contribution >= 0.6 is 0 Å². The number of hydrogen-bond donors (Lipinski definition) is 2. The van der Waals surface area contributed by atoms with Gasteiger partial charge in [0.1, 0.15) is 5.69 Å². The fourth-order valence-electron chi connectivity index (χ4n) is 2.14. The molecule has 1 aliphatic heterocycles. The molecule has 1 aromatic heterocycles. The number of rotatable bonds is 1. The van der Waals surface area contributed by atoms with Crippen molar-refractivity contribution in [3.8, 4) is 0 Å². The van der Waals surface area contributed by atoms with Crippen LogP contribution in [0.4, 0.5) is 11.4 Å². The van der Waals surface area contributed by atoms with Crippen LogP contribution in [0, 0.1) is 0 Å². The quantitative estimate of drug-likeness (QED) is 0.586. The van der Waals surface area contributed by atoms with E-state index in [1.165, 1.54) is 30.5 Å². The first kappa shape index (κ1) is 12.8. The van der Waals surface area contributed by atoms with Crippen LogP contribution in [0.25, 0.3) is 0 Å². The summed E-state index contributed by atoms with van der Waals surface area (Å²) in [6, 6.07) is 7.32. The van der Waals surface area contributed by atoms with Gasteiger partial charge in [-0.2, -0.15) is 0 Å². The maximum absolute atomic E-state index is 12.3. The molecule has 2 aromatic rings. The smallest absolute Gasteiger partial charge is 0.286 e. The van der Waals surface area contributed by atoms with Gasteiger partial charge in [-0.05, 0) is 24.3 Å². The highest BCUT2D eigenvalue weighted by Gasteiger charge is 2.41. The Kier molecular flexibility index (Phi) is 2.69. The van der Waals surface area contributed by atoms with Gasteiger partial charge in [-0.1, -0.05) is 6.07 Å². The van der Waals surface area contributed by atoms with Crippen molar-refractivity contribution < 1.29 is 14.4 Å². The molecule has 0 radical (unpaired) electrons. The van der Waals surface area contributed by atoms with Crippen molar-refractivity contribution >= 4 is 29.1 Å². The van der Waals surface area contributed by atoms with Gasteiger partial charge in [0.25, 0.3) is 17.7 Å². The first-order valence-electron chi connectivity index (χ1n) is 6.04. The number of carbonyl (C=O) groups excluding carboxylic acids is 3. The summed E-state index contributed by atoms with van der Waals surface area (Å²) in [5, 5.41) is 0. The first-order valence-corrected chi connectivity index (χ1v) is 6.04. The van der Waals surface area contributed by atoms with Gasteiger partial charge in [-0.3, -0.25) is 14.4 Å². The zero-order chi connectivity index (χ0) is 15.1. The van der Waals surface area contributed by atoms with Crippen molar-refractivity contribution in [3.63, 3.8) is 0 Å². The third-order valence-corrected chi connectivity index (χ3v) is 3.16. The second-order valence-corrected chi connectivity index (χ2v) is 4.50. The molecule has 7 heteroatoms. The lowest BCUT2D eigenvalue weighted by atomic mass is 10.1. The molecule has 0 atom stereocenters. The van der Waals surface area contributed by atoms with Crippen LogP contribution in [0.15, 0.2) is 36.5 Å². The van der Waals surface area contributed by atoms with E-state index in [0.717, 1.165) is 0 Å². The number of fused-ring (bicyclic) bond motifs is 1. The van der Waals surface area contributed by atoms with Crippen LogP contribution in [0.2, 0.25) is 0 Å². The molecule has 21 heavy (non-hydrogen) atoms. The van der Waals surface area contributed by atoms with Gasteiger partial charge in [0.15, 0.2) is 0 Å². The number of imide groups is 3. The Hall–Kier alpha value is -3.22. The Morgan fingerprint density at radius 1 is 1.05 bits per heavy atom. The molecule has 0 spiro atoms. The molecule has 3 rings (SSSR count). The predicted octanol–water partition coefficient (Wildman–Crippen LogP) is 0.682. The van der Waals surface area contributed by atoms with Gasteiger partial charge in [-0.15, -0.1) is 0 Å². The van der Waals surface area contributed by atoms with Crippen LogP contribution < -0.4 is 11.5 Å². The minimum atomic E-state index is -0.805. The lowest BCUT2D eigenvalue weighted by Crippen LogP contribution is -2.36. The lowest BCUT2D eigenvalue weighted by Gasteiger charge is -2.11. The molecular weight excluding hydrogens is 272 g/mol. The molecule has 0 fully saturated rings. The van der Waals surface area contributed by atoms with E-state index in [4.69, 9.17) is 11.5 Å². The number of pyridine rings is 1. The van der Waals surface area contributed by atoms with E-state index >= 15 is 0 Å². The molecule has 1 aromatic carbocycles. The molecule has 0 saturated heterocycles. The van der Waals surface area contributed by atoms with Crippen molar-refractivity contribution in [1.82, 2.24) is 9.88 Å². The fourth-order valence-corrected chi connectivity index (χ4v) is 2.14. The van der Waals surface area contributed by atoms with Gasteiger partial charge >= 0.3 is 0 Å². The lowest BCUT2D eigenvalue weighted by molar-refractivity contribution is 0.0563. The van der Waals surface area contributed by atoms with E-state index in [9.17, 15) is 14.4 Å². The Balaban J connectivity index is 2.04. The Morgan fingerprint density at radius 3 is 2.43 bits per heavy atom. The highest BCUT2D eigenvalue weighted by atomic mass is 16.2. The van der Waals surface area contributed by atoms with Crippen molar-refractivity contribution in [1.29, 1.82) is 0 Å². The molecule has 0 unspecified atom stereocenters. The van der Waals surface area contributed by atoms with E-state index < -0.39 is 17.7 Å². The van der Waals surface area contributed by atoms with E-state index in [-0.39, 0.29) is 22.5 Å². The van der Waals surface area contributed by atoms with Crippen LogP contribution in [0.3, 0.4) is 0 Å². The van der Waals surface area contributed by atoms with Crippen LogP contribution in [0.5, 0.6) is 0 Å². The number of nitrogens with zero attached hydrogens (tertiary/aromatic N) is 2. The van der Waals surface area contributed by atoms with Crippen LogP contribution in [-0.4, -0.2) is 27.6 Å². The number of carbonyl (C=O) groups is 3. The molecule has 2 heterocycles. The number of benzene rings is 1. The maximum Gasteiger partial charge on any atom is 0.286 e. The largest absolute Gasteiger partial charge is 0.398 e. The Bertz CT molecular complexity index is 783. The maximum atomic E-state index is 12.3. The second-order valence-electron chi connectivity index (χ2n) is 4.50. The Labute approximate surface area is 119 Å². The summed E-state index contributed by atoms with van der Waals surface area (Å²) in [6.07, 6.45) is 1.28. The van der Waals surface area contributed by atoms with Gasteiger partial charge in [0.05, 0.1) is 23.0 Å². The molecule has 4 N–H and O–H groups in total. The summed E-state index contributed by atoms with van der Waals surface area (Å²) in [4.78, 5) is 41.1. The molecule has 0 saturated carbocycles. The second kappa shape index (κ2) is 4.41. The van der Waals surface area contributed by atoms with Crippen LogP contribution in [0.1, 0.15) is 31.2 Å². The average molecular weight is 282 g/mol. The molecule has 7 nitrogen and oxygen atoms in total. The van der Waals surface area contributed by atoms with E-state index in [1.54, 1.807) is 6.07 Å². The predicted molar refractivity (Wildman–Crippen MR) is 74.3 cm³/mol. The highest BCUT2D eigenvalue weighted by molar-refractivity contribution is 6.32. The first-order chi connectivity index (χ1) is 10.0. The average Bonchev–Trinajstić information content (AvgIpc) is 2.72. The molecule has 0 aliphatic carbocycles. The van der Waals surface area contributed by atoms with E-state index in [1.807, 2.05) is 0 Å². The molecule has 3 amide bonds. The molecule has 0 bridgehead atoms. The van der Waals surface area contributed by atoms with Crippen molar-refractivity contribution in [2.75, 3.05) is 11.5 Å². The number of nitrogen functional groups attached to an aromatic ring is 2. The van der Waals surface area contributed by atoms with Gasteiger partial charge < -0.3 is 11.5 Å². The number of hydrogen-bond acceptors (Lipinski definition) is 6. The number of amides is 3. The standard InChI is InChI=1S/C14H10N4O3/c15-7-4-5-10(17-6-7)13(20)18-12(19)8-2-1-3-9(16)11(8)14(18)21/h1-6H,15-16H2. The van der Waals surface area contributed by atoms with Gasteiger partial charge in [0, 0.05) is 5.69 Å². The number of aromatic nitrogens is 1. The summed E-state index contributed by atoms with van der Waals surface area (Å²) >= 11 is 0. The summed E-state index contributed by atoms with van der Waals surface area (Å²) in [5.74, 6) is -2.25. The minimum absolute atomic E-state index is 0.0442. The fraction of sp³-hybridized carbons (Fsp3) is 0. The van der Waals surface area contributed by atoms with E-state index in [0.29, 0.717) is 10.6 Å². The third-order valence-electron chi connectivity index (χ3n) is 3.16. The zero-order valence-corrected chi connectivity index (χ0v) is 10.7. The summed E-state index contributed by atoms with van der Waals surface area (Å²) < 4.78 is 0. The normalized spacial score (nSPS) is 13.4. The summed E-state index contributed by atoms with van der Waals surface area (Å²) in [6.45, 7) is 0. The van der Waals surface area contributed by atoms with Gasteiger partial charge in [0.2, 0.25) is 0 Å². The topological polar surface area (TPSA) is 119 Å². The number of anilines is 2. The Morgan fingerprint density at radius 2 is 1.81 bits per heavy atom. The SMILES string of the molecule is Nc1ccc(C(=O)N2C(=O)c3cccc(N)c3C2=O)nc1. The van der Waals surface area contributed by atoms with Crippen molar-refractivity contribution in [2.45, 2.75) is 0 Å². The van der Waals surface area contributed by atoms with Crippen molar-refractivity contribution in [2.24, 2.45) is 0 Å². The van der Waals surface area contributed by atoms with Gasteiger partial charge in [-0.25, -0.2) is 9.88 Å². The zero-order valence-electron chi connectivity index (χ0n) is 10.7. The monoisotopic (exact) mass is 282 g/mol. The molecular formula is C14H10N4O3. The summed E-state index contributed by atoms with van der Waals surface area (Å²) in [5.41, 5.74) is 11.8. The molecule has 1 aliphatic rings.